The van der Waals surface area contributed by atoms with E-state index in [0.717, 1.165) is 45.1 Å². The fourth-order valence-electron chi connectivity index (χ4n) is 3.72. The van der Waals surface area contributed by atoms with Crippen molar-refractivity contribution in [3.63, 3.8) is 0 Å². The van der Waals surface area contributed by atoms with Gasteiger partial charge in [0.2, 0.25) is 5.91 Å². The molecule has 2 aliphatic rings. The molecule has 1 saturated carbocycles. The van der Waals surface area contributed by atoms with E-state index in [1.807, 2.05) is 0 Å². The predicted octanol–water partition coefficient (Wildman–Crippen LogP) is 0.585. The van der Waals surface area contributed by atoms with Gasteiger partial charge in [-0.3, -0.25) is 15.0 Å². The number of nitrogens with one attached hydrogen (secondary N) is 1. The minimum atomic E-state index is -0.810. The van der Waals surface area contributed by atoms with E-state index in [4.69, 9.17) is 5.73 Å². The zero-order valence-electron chi connectivity index (χ0n) is 12.0. The molecule has 20 heavy (non-hydrogen) atoms. The van der Waals surface area contributed by atoms with Gasteiger partial charge in [0.05, 0.1) is 12.1 Å². The first-order valence-corrected chi connectivity index (χ1v) is 7.55. The standard InChI is InChI=1S/C14H25N3O3/c1-9(13(19)16-14(15)20)17-8-4-6-11(17)10-5-2-3-7-12(10)18/h9-12,18H,2-8H2,1H3,(H3,15,16,19,20). The molecular weight excluding hydrogens is 258 g/mol. The summed E-state index contributed by atoms with van der Waals surface area (Å²) < 4.78 is 0. The van der Waals surface area contributed by atoms with Crippen molar-refractivity contribution in [3.05, 3.63) is 0 Å². The number of amides is 3. The second-order valence-corrected chi connectivity index (χ2v) is 5.99. The summed E-state index contributed by atoms with van der Waals surface area (Å²) >= 11 is 0. The van der Waals surface area contributed by atoms with Crippen molar-refractivity contribution in [1.82, 2.24) is 10.2 Å². The number of aliphatic hydroxyl groups is 1. The highest BCUT2D eigenvalue weighted by atomic mass is 16.3. The number of carbonyl (C=O) groups excluding carboxylic acids is 2. The van der Waals surface area contributed by atoms with Crippen LogP contribution in [0.4, 0.5) is 4.79 Å². The van der Waals surface area contributed by atoms with E-state index in [9.17, 15) is 14.7 Å². The summed E-state index contributed by atoms with van der Waals surface area (Å²) in [6.45, 7) is 2.63. The molecule has 0 bridgehead atoms. The maximum atomic E-state index is 11.9. The monoisotopic (exact) mass is 283 g/mol. The van der Waals surface area contributed by atoms with Gasteiger partial charge in [0.25, 0.3) is 0 Å². The first-order valence-electron chi connectivity index (χ1n) is 7.55. The Hall–Kier alpha value is -1.14. The van der Waals surface area contributed by atoms with Gasteiger partial charge >= 0.3 is 6.03 Å². The Balaban J connectivity index is 2.02. The zero-order valence-corrected chi connectivity index (χ0v) is 12.0. The molecule has 2 rings (SSSR count). The van der Waals surface area contributed by atoms with Crippen LogP contribution in [0.2, 0.25) is 0 Å². The fraction of sp³-hybridized carbons (Fsp3) is 0.857. The van der Waals surface area contributed by atoms with E-state index in [1.54, 1.807) is 6.92 Å². The molecule has 1 saturated heterocycles. The Morgan fingerprint density at radius 3 is 2.60 bits per heavy atom. The van der Waals surface area contributed by atoms with Gasteiger partial charge in [0.15, 0.2) is 0 Å². The third-order valence-electron chi connectivity index (χ3n) is 4.74. The number of aliphatic hydroxyl groups excluding tert-OH is 1. The minimum absolute atomic E-state index is 0.235. The summed E-state index contributed by atoms with van der Waals surface area (Å²) in [5.41, 5.74) is 5.00. The molecule has 4 unspecified atom stereocenters. The maximum Gasteiger partial charge on any atom is 0.318 e. The number of imide groups is 1. The molecule has 114 valence electrons. The highest BCUT2D eigenvalue weighted by Crippen LogP contribution is 2.35. The summed E-state index contributed by atoms with van der Waals surface area (Å²) in [7, 11) is 0. The number of nitrogens with zero attached hydrogens (tertiary/aromatic N) is 1. The lowest BCUT2D eigenvalue weighted by atomic mass is 9.80. The largest absolute Gasteiger partial charge is 0.393 e. The number of urea groups is 1. The Morgan fingerprint density at radius 1 is 1.25 bits per heavy atom. The lowest BCUT2D eigenvalue weighted by molar-refractivity contribution is -0.126. The van der Waals surface area contributed by atoms with E-state index < -0.39 is 6.03 Å². The van der Waals surface area contributed by atoms with Crippen molar-refractivity contribution < 1.29 is 14.7 Å². The molecule has 0 aromatic carbocycles. The van der Waals surface area contributed by atoms with E-state index in [-0.39, 0.29) is 30.0 Å². The first kappa shape index (κ1) is 15.3. The normalized spacial score (nSPS) is 32.8. The highest BCUT2D eigenvalue weighted by molar-refractivity contribution is 5.96. The predicted molar refractivity (Wildman–Crippen MR) is 74.9 cm³/mol. The smallest absolute Gasteiger partial charge is 0.318 e. The summed E-state index contributed by atoms with van der Waals surface area (Å²) in [6.07, 6.45) is 5.89. The van der Waals surface area contributed by atoms with Crippen LogP contribution in [0.5, 0.6) is 0 Å². The van der Waals surface area contributed by atoms with Gasteiger partial charge in [-0.2, -0.15) is 0 Å². The van der Waals surface area contributed by atoms with Gasteiger partial charge in [-0.25, -0.2) is 4.79 Å². The van der Waals surface area contributed by atoms with Crippen molar-refractivity contribution >= 4 is 11.9 Å². The maximum absolute atomic E-state index is 11.9. The molecule has 4 N–H and O–H groups in total. The van der Waals surface area contributed by atoms with Crippen molar-refractivity contribution in [1.29, 1.82) is 0 Å². The van der Waals surface area contributed by atoms with Crippen LogP contribution >= 0.6 is 0 Å². The van der Waals surface area contributed by atoms with Crippen molar-refractivity contribution in [2.24, 2.45) is 11.7 Å². The van der Waals surface area contributed by atoms with Gasteiger partial charge in [-0.05, 0) is 39.2 Å². The zero-order chi connectivity index (χ0) is 14.7. The fourth-order valence-corrected chi connectivity index (χ4v) is 3.72. The summed E-state index contributed by atoms with van der Waals surface area (Å²) in [5.74, 6) is -0.107. The van der Waals surface area contributed by atoms with Crippen LogP contribution in [0.25, 0.3) is 0 Å². The second kappa shape index (κ2) is 6.54. The second-order valence-electron chi connectivity index (χ2n) is 5.99. The lowest BCUT2D eigenvalue weighted by Crippen LogP contribution is -2.53. The van der Waals surface area contributed by atoms with E-state index in [1.165, 1.54) is 0 Å². The Kier molecular flexibility index (Phi) is 4.99. The molecule has 3 amide bonds. The molecule has 1 aliphatic carbocycles. The molecule has 4 atom stereocenters. The minimum Gasteiger partial charge on any atom is -0.393 e. The topological polar surface area (TPSA) is 95.7 Å². The molecule has 6 nitrogen and oxygen atoms in total. The van der Waals surface area contributed by atoms with Crippen molar-refractivity contribution in [3.8, 4) is 0 Å². The molecule has 0 radical (unpaired) electrons. The number of likely N-dealkylation sites (tertiary alicyclic amines) is 1. The third kappa shape index (κ3) is 3.30. The molecule has 1 heterocycles. The quantitative estimate of drug-likeness (QED) is 0.706. The van der Waals surface area contributed by atoms with Crippen LogP contribution in [0, 0.1) is 5.92 Å². The molecule has 0 spiro atoms. The van der Waals surface area contributed by atoms with Crippen LogP contribution in [0.1, 0.15) is 45.4 Å². The van der Waals surface area contributed by atoms with E-state index >= 15 is 0 Å². The van der Waals surface area contributed by atoms with Gasteiger partial charge in [-0.1, -0.05) is 12.8 Å². The molecule has 6 heteroatoms. The third-order valence-corrected chi connectivity index (χ3v) is 4.74. The number of hydrogen-bond acceptors (Lipinski definition) is 4. The van der Waals surface area contributed by atoms with Gasteiger partial charge in [0, 0.05) is 12.0 Å². The van der Waals surface area contributed by atoms with Gasteiger partial charge in [0.1, 0.15) is 0 Å². The average Bonchev–Trinajstić information content (AvgIpc) is 2.86. The summed E-state index contributed by atoms with van der Waals surface area (Å²) in [5, 5.41) is 12.4. The van der Waals surface area contributed by atoms with Gasteiger partial charge < -0.3 is 10.8 Å². The van der Waals surface area contributed by atoms with Crippen molar-refractivity contribution in [2.45, 2.75) is 63.6 Å². The molecule has 0 aromatic heterocycles. The SMILES string of the molecule is CC(C(=O)NC(N)=O)N1CCCC1C1CCCCC1O. The molecule has 0 aromatic rings. The van der Waals surface area contributed by atoms with Crippen LogP contribution in [0.15, 0.2) is 0 Å². The van der Waals surface area contributed by atoms with Crippen LogP contribution in [0.3, 0.4) is 0 Å². The van der Waals surface area contributed by atoms with Crippen LogP contribution in [-0.4, -0.2) is 46.7 Å². The lowest BCUT2D eigenvalue weighted by Gasteiger charge is -2.39. The summed E-state index contributed by atoms with van der Waals surface area (Å²) in [6, 6.07) is -0.960. The number of rotatable bonds is 3. The van der Waals surface area contributed by atoms with Crippen LogP contribution in [-0.2, 0) is 4.79 Å². The Morgan fingerprint density at radius 2 is 1.95 bits per heavy atom. The number of hydrogen-bond donors (Lipinski definition) is 3. The highest BCUT2D eigenvalue weighted by Gasteiger charge is 2.40. The molecule has 2 fully saturated rings. The molecular formula is C14H25N3O3. The Bertz CT molecular complexity index is 375. The number of primary amides is 1. The summed E-state index contributed by atoms with van der Waals surface area (Å²) in [4.78, 5) is 24.9. The first-order chi connectivity index (χ1) is 9.50. The van der Waals surface area contributed by atoms with Crippen molar-refractivity contribution in [2.75, 3.05) is 6.54 Å². The van der Waals surface area contributed by atoms with Gasteiger partial charge in [-0.15, -0.1) is 0 Å². The Labute approximate surface area is 119 Å². The van der Waals surface area contributed by atoms with E-state index in [2.05, 4.69) is 10.2 Å². The average molecular weight is 283 g/mol. The van der Waals surface area contributed by atoms with E-state index in [0.29, 0.717) is 0 Å². The molecule has 1 aliphatic heterocycles. The number of carbonyl (C=O) groups is 2. The van der Waals surface area contributed by atoms with Crippen LogP contribution < -0.4 is 11.1 Å². The number of nitrogens with two attached hydrogens (primary N) is 1.